The number of rotatable bonds is 3. The number of hydrogen-bond acceptors (Lipinski definition) is 3. The fourth-order valence-corrected chi connectivity index (χ4v) is 2.65. The van der Waals surface area contributed by atoms with Gasteiger partial charge in [0.2, 0.25) is 5.91 Å². The highest BCUT2D eigenvalue weighted by Crippen LogP contribution is 2.30. The van der Waals surface area contributed by atoms with Crippen LogP contribution in [0.5, 0.6) is 0 Å². The Bertz CT molecular complexity index is 558. The third-order valence-corrected chi connectivity index (χ3v) is 3.60. The molecule has 0 unspecified atom stereocenters. The number of carbonyl (C=O) groups is 1. The number of anilines is 1. The zero-order valence-corrected chi connectivity index (χ0v) is 11.6. The van der Waals surface area contributed by atoms with Gasteiger partial charge in [0.15, 0.2) is 5.13 Å². The van der Waals surface area contributed by atoms with Crippen molar-refractivity contribution < 1.29 is 4.79 Å². The van der Waals surface area contributed by atoms with E-state index in [9.17, 15) is 4.79 Å². The van der Waals surface area contributed by atoms with Gasteiger partial charge in [-0.25, -0.2) is 4.98 Å². The Labute approximate surface area is 111 Å². The number of nitrogens with zero attached hydrogens (tertiary/aromatic N) is 1. The minimum Gasteiger partial charge on any atom is -0.302 e. The Hall–Kier alpha value is -1.68. The normalized spacial score (nSPS) is 10.4. The van der Waals surface area contributed by atoms with Crippen LogP contribution in [0, 0.1) is 6.92 Å². The van der Waals surface area contributed by atoms with Crippen LogP contribution >= 0.6 is 11.3 Å². The number of nitrogens with one attached hydrogen (secondary N) is 1. The molecule has 0 aliphatic carbocycles. The quantitative estimate of drug-likeness (QED) is 0.915. The molecule has 0 spiro atoms. The zero-order valence-electron chi connectivity index (χ0n) is 10.8. The third kappa shape index (κ3) is 2.76. The molecule has 4 heteroatoms. The number of hydrogen-bond donors (Lipinski definition) is 1. The minimum atomic E-state index is -0.0865. The zero-order chi connectivity index (χ0) is 13.1. The Morgan fingerprint density at radius 1 is 1.33 bits per heavy atom. The summed E-state index contributed by atoms with van der Waals surface area (Å²) in [4.78, 5) is 16.6. The first-order valence-corrected chi connectivity index (χ1v) is 6.76. The number of aryl methyl sites for hydroxylation is 2. The lowest BCUT2D eigenvalue weighted by Crippen LogP contribution is -2.04. The highest BCUT2D eigenvalue weighted by atomic mass is 32.1. The van der Waals surface area contributed by atoms with Gasteiger partial charge in [0, 0.05) is 17.4 Å². The highest BCUT2D eigenvalue weighted by molar-refractivity contribution is 7.16. The first-order valence-electron chi connectivity index (χ1n) is 5.94. The second-order valence-corrected chi connectivity index (χ2v) is 5.36. The van der Waals surface area contributed by atoms with E-state index in [0.29, 0.717) is 5.13 Å². The lowest BCUT2D eigenvalue weighted by atomic mass is 10.1. The van der Waals surface area contributed by atoms with Crippen LogP contribution in [0.15, 0.2) is 24.3 Å². The number of thiazole rings is 1. The largest absolute Gasteiger partial charge is 0.302 e. The van der Waals surface area contributed by atoms with E-state index in [1.54, 1.807) is 0 Å². The van der Waals surface area contributed by atoms with E-state index < -0.39 is 0 Å². The summed E-state index contributed by atoms with van der Waals surface area (Å²) in [7, 11) is 0. The summed E-state index contributed by atoms with van der Waals surface area (Å²) in [5.74, 6) is -0.0865. The van der Waals surface area contributed by atoms with Crippen molar-refractivity contribution in [3.63, 3.8) is 0 Å². The minimum absolute atomic E-state index is 0.0865. The van der Waals surface area contributed by atoms with Crippen molar-refractivity contribution in [3.05, 3.63) is 34.7 Å². The van der Waals surface area contributed by atoms with Crippen molar-refractivity contribution in [1.29, 1.82) is 0 Å². The van der Waals surface area contributed by atoms with Gasteiger partial charge in [0.25, 0.3) is 0 Å². The lowest BCUT2D eigenvalue weighted by molar-refractivity contribution is -0.114. The van der Waals surface area contributed by atoms with E-state index >= 15 is 0 Å². The maximum absolute atomic E-state index is 11.0. The molecular formula is C14H16N2OS. The SMILES string of the molecule is CCc1ccc(-c2nc(NC(C)=O)sc2C)cc1. The smallest absolute Gasteiger partial charge is 0.223 e. The molecule has 1 amide bonds. The highest BCUT2D eigenvalue weighted by Gasteiger charge is 2.10. The molecule has 0 atom stereocenters. The molecule has 0 saturated carbocycles. The number of benzene rings is 1. The summed E-state index contributed by atoms with van der Waals surface area (Å²) in [6.45, 7) is 5.65. The first-order chi connectivity index (χ1) is 8.60. The molecular weight excluding hydrogens is 244 g/mol. The van der Waals surface area contributed by atoms with Gasteiger partial charge in [-0.05, 0) is 18.9 Å². The van der Waals surface area contributed by atoms with Crippen molar-refractivity contribution >= 4 is 22.4 Å². The summed E-state index contributed by atoms with van der Waals surface area (Å²) < 4.78 is 0. The Morgan fingerprint density at radius 3 is 2.56 bits per heavy atom. The molecule has 0 fully saturated rings. The first kappa shape index (κ1) is 12.8. The van der Waals surface area contributed by atoms with E-state index in [1.807, 2.05) is 6.92 Å². The van der Waals surface area contributed by atoms with Gasteiger partial charge < -0.3 is 5.32 Å². The van der Waals surface area contributed by atoms with Gasteiger partial charge in [-0.3, -0.25) is 4.79 Å². The predicted octanol–water partition coefficient (Wildman–Crippen LogP) is 3.64. The lowest BCUT2D eigenvalue weighted by Gasteiger charge is -2.00. The van der Waals surface area contributed by atoms with Gasteiger partial charge in [0.1, 0.15) is 0 Å². The molecule has 94 valence electrons. The average molecular weight is 260 g/mol. The van der Waals surface area contributed by atoms with E-state index in [2.05, 4.69) is 41.5 Å². The predicted molar refractivity (Wildman–Crippen MR) is 76.0 cm³/mol. The monoisotopic (exact) mass is 260 g/mol. The second kappa shape index (κ2) is 5.31. The number of aromatic nitrogens is 1. The van der Waals surface area contributed by atoms with Crippen LogP contribution in [0.1, 0.15) is 24.3 Å². The van der Waals surface area contributed by atoms with Crippen LogP contribution in [0.3, 0.4) is 0 Å². The molecule has 0 aliphatic heterocycles. The van der Waals surface area contributed by atoms with Crippen molar-refractivity contribution in [3.8, 4) is 11.3 Å². The standard InChI is InChI=1S/C14H16N2OS/c1-4-11-5-7-12(8-6-11)13-9(2)18-14(16-13)15-10(3)17/h5-8H,4H2,1-3H3,(H,15,16,17). The van der Waals surface area contributed by atoms with Crippen LogP contribution in [-0.2, 0) is 11.2 Å². The molecule has 0 aliphatic rings. The van der Waals surface area contributed by atoms with E-state index in [-0.39, 0.29) is 5.91 Å². The molecule has 3 nitrogen and oxygen atoms in total. The van der Waals surface area contributed by atoms with Gasteiger partial charge in [-0.1, -0.05) is 31.2 Å². The summed E-state index contributed by atoms with van der Waals surface area (Å²) >= 11 is 1.50. The molecule has 0 bridgehead atoms. The van der Waals surface area contributed by atoms with Crippen molar-refractivity contribution in [2.75, 3.05) is 5.32 Å². The van der Waals surface area contributed by atoms with E-state index in [4.69, 9.17) is 0 Å². The molecule has 1 aromatic carbocycles. The van der Waals surface area contributed by atoms with Crippen LogP contribution in [0.25, 0.3) is 11.3 Å². The molecule has 18 heavy (non-hydrogen) atoms. The summed E-state index contributed by atoms with van der Waals surface area (Å²) in [5.41, 5.74) is 3.36. The Morgan fingerprint density at radius 2 is 2.00 bits per heavy atom. The second-order valence-electron chi connectivity index (χ2n) is 4.16. The summed E-state index contributed by atoms with van der Waals surface area (Å²) in [6.07, 6.45) is 1.04. The van der Waals surface area contributed by atoms with Crippen LogP contribution in [-0.4, -0.2) is 10.9 Å². The van der Waals surface area contributed by atoms with Crippen molar-refractivity contribution in [2.45, 2.75) is 27.2 Å². The third-order valence-electron chi connectivity index (χ3n) is 2.72. The summed E-state index contributed by atoms with van der Waals surface area (Å²) in [6, 6.07) is 8.40. The fourth-order valence-electron chi connectivity index (χ4n) is 1.77. The van der Waals surface area contributed by atoms with Crippen LogP contribution in [0.4, 0.5) is 5.13 Å². The van der Waals surface area contributed by atoms with E-state index in [1.165, 1.54) is 23.8 Å². The van der Waals surface area contributed by atoms with Gasteiger partial charge >= 0.3 is 0 Å². The molecule has 0 saturated heterocycles. The van der Waals surface area contributed by atoms with Crippen molar-refractivity contribution in [1.82, 2.24) is 4.98 Å². The fraction of sp³-hybridized carbons (Fsp3) is 0.286. The maximum atomic E-state index is 11.0. The molecule has 1 N–H and O–H groups in total. The average Bonchev–Trinajstić information content (AvgIpc) is 2.69. The van der Waals surface area contributed by atoms with E-state index in [0.717, 1.165) is 22.6 Å². The Balaban J connectivity index is 2.31. The molecule has 2 aromatic rings. The number of amides is 1. The van der Waals surface area contributed by atoms with Crippen LogP contribution in [0.2, 0.25) is 0 Å². The Kier molecular flexibility index (Phi) is 3.77. The maximum Gasteiger partial charge on any atom is 0.223 e. The topological polar surface area (TPSA) is 42.0 Å². The summed E-state index contributed by atoms with van der Waals surface area (Å²) in [5, 5.41) is 3.39. The van der Waals surface area contributed by atoms with Crippen molar-refractivity contribution in [2.24, 2.45) is 0 Å². The number of carbonyl (C=O) groups excluding carboxylic acids is 1. The molecule has 0 radical (unpaired) electrons. The molecule has 1 heterocycles. The van der Waals surface area contributed by atoms with Crippen LogP contribution < -0.4 is 5.32 Å². The van der Waals surface area contributed by atoms with Gasteiger partial charge in [-0.2, -0.15) is 0 Å². The van der Waals surface area contributed by atoms with Gasteiger partial charge in [0.05, 0.1) is 5.69 Å². The molecule has 1 aromatic heterocycles. The molecule has 2 rings (SSSR count). The van der Waals surface area contributed by atoms with Gasteiger partial charge in [-0.15, -0.1) is 11.3 Å².